The number of esters is 2. The molecule has 0 amide bonds. The SMILES string of the molecule is CCC1=C(CC)C2(CC)CC1(CC)C(C(=O)OCC(C)C)C2C(=O)OCC(C)C. The van der Waals surface area contributed by atoms with Gasteiger partial charge in [0.25, 0.3) is 0 Å². The van der Waals surface area contributed by atoms with Gasteiger partial charge in [0, 0.05) is 10.8 Å². The Kier molecular flexibility index (Phi) is 7.62. The van der Waals surface area contributed by atoms with E-state index in [1.165, 1.54) is 11.1 Å². The summed E-state index contributed by atoms with van der Waals surface area (Å²) < 4.78 is 11.5. The van der Waals surface area contributed by atoms with Crippen LogP contribution < -0.4 is 0 Å². The zero-order valence-electron chi connectivity index (χ0n) is 19.9. The van der Waals surface area contributed by atoms with Gasteiger partial charge in [-0.1, -0.05) is 66.5 Å². The van der Waals surface area contributed by atoms with Crippen LogP contribution in [0.1, 0.15) is 87.5 Å². The predicted octanol–water partition coefficient (Wildman–Crippen LogP) is 5.94. The van der Waals surface area contributed by atoms with E-state index in [9.17, 15) is 9.59 Å². The van der Waals surface area contributed by atoms with Gasteiger partial charge >= 0.3 is 11.9 Å². The molecule has 1 fully saturated rings. The number of carbonyl (C=O) groups excluding carboxylic acids is 2. The molecule has 2 aliphatic rings. The van der Waals surface area contributed by atoms with Crippen LogP contribution in [0.15, 0.2) is 11.1 Å². The summed E-state index contributed by atoms with van der Waals surface area (Å²) in [5, 5.41) is 0. The lowest BCUT2D eigenvalue weighted by molar-refractivity contribution is -0.167. The summed E-state index contributed by atoms with van der Waals surface area (Å²) in [6, 6.07) is 0. The van der Waals surface area contributed by atoms with Crippen molar-refractivity contribution in [2.24, 2.45) is 34.5 Å². The smallest absolute Gasteiger partial charge is 0.310 e. The highest BCUT2D eigenvalue weighted by Gasteiger charge is 2.71. The van der Waals surface area contributed by atoms with Crippen LogP contribution in [0, 0.1) is 34.5 Å². The largest absolute Gasteiger partial charge is 0.465 e. The lowest BCUT2D eigenvalue weighted by Gasteiger charge is -2.42. The first-order valence-electron chi connectivity index (χ1n) is 11.7. The monoisotopic (exact) mass is 406 g/mol. The van der Waals surface area contributed by atoms with Gasteiger partial charge in [0.15, 0.2) is 0 Å². The Hall–Kier alpha value is -1.32. The maximum Gasteiger partial charge on any atom is 0.310 e. The molecule has 0 saturated heterocycles. The first-order chi connectivity index (χ1) is 13.6. The number of hydrogen-bond donors (Lipinski definition) is 0. The summed E-state index contributed by atoms with van der Waals surface area (Å²) in [4.78, 5) is 26.8. The first-order valence-corrected chi connectivity index (χ1v) is 11.7. The van der Waals surface area contributed by atoms with E-state index < -0.39 is 11.8 Å². The molecule has 0 heterocycles. The Morgan fingerprint density at radius 2 is 1.14 bits per heavy atom. The number of carbonyl (C=O) groups is 2. The van der Waals surface area contributed by atoms with Gasteiger partial charge in [-0.2, -0.15) is 0 Å². The maximum absolute atomic E-state index is 13.4. The molecule has 0 aliphatic heterocycles. The molecule has 2 bridgehead atoms. The third-order valence-electron chi connectivity index (χ3n) is 7.32. The van der Waals surface area contributed by atoms with Gasteiger partial charge in [-0.25, -0.2) is 0 Å². The molecule has 0 spiro atoms. The highest BCUT2D eigenvalue weighted by atomic mass is 16.5. The second kappa shape index (κ2) is 9.22. The fraction of sp³-hybridized carbons (Fsp3) is 0.840. The standard InChI is InChI=1S/C25H42O4/c1-9-18-19(10-2)25(12-4)15-24(18,11-3)20(22(26)28-13-16(5)6)21(25)23(27)29-14-17(7)8/h16-17,20-21H,9-15H2,1-8H3. The van der Waals surface area contributed by atoms with Gasteiger partial charge in [-0.05, 0) is 43.9 Å². The van der Waals surface area contributed by atoms with E-state index in [2.05, 4.69) is 27.7 Å². The highest BCUT2D eigenvalue weighted by Crippen LogP contribution is 2.73. The van der Waals surface area contributed by atoms with Crippen molar-refractivity contribution in [1.82, 2.24) is 0 Å². The minimum Gasteiger partial charge on any atom is -0.465 e. The molecule has 4 atom stereocenters. The van der Waals surface area contributed by atoms with E-state index in [0.717, 1.165) is 32.1 Å². The molecule has 0 aromatic rings. The molecular weight excluding hydrogens is 364 g/mol. The Labute approximate surface area is 177 Å². The van der Waals surface area contributed by atoms with Crippen LogP contribution in [0.5, 0.6) is 0 Å². The fourth-order valence-corrected chi connectivity index (χ4v) is 6.26. The van der Waals surface area contributed by atoms with Gasteiger partial charge in [0.05, 0.1) is 25.0 Å². The van der Waals surface area contributed by atoms with Crippen LogP contribution in [-0.2, 0) is 19.1 Å². The summed E-state index contributed by atoms with van der Waals surface area (Å²) in [6.45, 7) is 17.7. The molecule has 0 radical (unpaired) electrons. The molecule has 0 aromatic carbocycles. The van der Waals surface area contributed by atoms with Gasteiger partial charge in [-0.3, -0.25) is 9.59 Å². The quantitative estimate of drug-likeness (QED) is 0.332. The molecule has 29 heavy (non-hydrogen) atoms. The Bertz CT molecular complexity index is 593. The van der Waals surface area contributed by atoms with E-state index in [-0.39, 0.29) is 34.6 Å². The maximum atomic E-state index is 13.4. The average molecular weight is 407 g/mol. The second-order valence-electron chi connectivity index (χ2n) is 9.86. The number of hydrogen-bond acceptors (Lipinski definition) is 4. The van der Waals surface area contributed by atoms with Crippen molar-refractivity contribution in [3.05, 3.63) is 11.1 Å². The van der Waals surface area contributed by atoms with Crippen LogP contribution in [0.2, 0.25) is 0 Å². The van der Waals surface area contributed by atoms with Gasteiger partial charge in [-0.15, -0.1) is 0 Å². The summed E-state index contributed by atoms with van der Waals surface area (Å²) in [5.41, 5.74) is 2.27. The molecule has 2 rings (SSSR count). The normalized spacial score (nSPS) is 31.1. The number of ether oxygens (including phenoxy) is 2. The Morgan fingerprint density at radius 3 is 1.38 bits per heavy atom. The van der Waals surface area contributed by atoms with E-state index in [0.29, 0.717) is 13.2 Å². The third kappa shape index (κ3) is 3.88. The summed E-state index contributed by atoms with van der Waals surface area (Å²) in [7, 11) is 0. The van der Waals surface area contributed by atoms with Gasteiger partial charge in [0.1, 0.15) is 0 Å². The van der Waals surface area contributed by atoms with Crippen molar-refractivity contribution in [2.45, 2.75) is 87.5 Å². The lowest BCUT2D eigenvalue weighted by Crippen LogP contribution is -2.46. The van der Waals surface area contributed by atoms with Crippen LogP contribution >= 0.6 is 0 Å². The van der Waals surface area contributed by atoms with E-state index in [1.807, 2.05) is 27.7 Å². The number of allylic oxidation sites excluding steroid dienone is 2. The Morgan fingerprint density at radius 1 is 0.793 bits per heavy atom. The van der Waals surface area contributed by atoms with Crippen LogP contribution in [-0.4, -0.2) is 25.2 Å². The summed E-state index contributed by atoms with van der Waals surface area (Å²) >= 11 is 0. The highest BCUT2D eigenvalue weighted by molar-refractivity contribution is 5.87. The van der Waals surface area contributed by atoms with E-state index >= 15 is 0 Å². The van der Waals surface area contributed by atoms with E-state index in [4.69, 9.17) is 9.47 Å². The summed E-state index contributed by atoms with van der Waals surface area (Å²) in [5.74, 6) is -0.734. The van der Waals surface area contributed by atoms with Crippen LogP contribution in [0.3, 0.4) is 0 Å². The second-order valence-corrected chi connectivity index (χ2v) is 9.86. The fourth-order valence-electron chi connectivity index (χ4n) is 6.26. The first kappa shape index (κ1) is 24.0. The predicted molar refractivity (Wildman–Crippen MR) is 116 cm³/mol. The van der Waals surface area contributed by atoms with Crippen molar-refractivity contribution in [2.75, 3.05) is 13.2 Å². The molecular formula is C25H42O4. The topological polar surface area (TPSA) is 52.6 Å². The van der Waals surface area contributed by atoms with Crippen LogP contribution in [0.4, 0.5) is 0 Å². The minimum atomic E-state index is -0.434. The molecule has 4 unspecified atom stereocenters. The molecule has 166 valence electrons. The van der Waals surface area contributed by atoms with Crippen molar-refractivity contribution in [3.63, 3.8) is 0 Å². The molecule has 0 N–H and O–H groups in total. The van der Waals surface area contributed by atoms with Gasteiger partial charge < -0.3 is 9.47 Å². The van der Waals surface area contributed by atoms with Crippen molar-refractivity contribution in [1.29, 1.82) is 0 Å². The lowest BCUT2D eigenvalue weighted by atomic mass is 9.61. The van der Waals surface area contributed by atoms with Gasteiger partial charge in [0.2, 0.25) is 0 Å². The van der Waals surface area contributed by atoms with Crippen LogP contribution in [0.25, 0.3) is 0 Å². The average Bonchev–Trinajstić information content (AvgIpc) is 3.15. The van der Waals surface area contributed by atoms with Crippen molar-refractivity contribution in [3.8, 4) is 0 Å². The minimum absolute atomic E-state index is 0.205. The molecule has 4 nitrogen and oxygen atoms in total. The number of rotatable bonds is 10. The summed E-state index contributed by atoms with van der Waals surface area (Å²) in [6.07, 6.45) is 4.46. The van der Waals surface area contributed by atoms with Crippen molar-refractivity contribution >= 4 is 11.9 Å². The zero-order chi connectivity index (χ0) is 22.0. The van der Waals surface area contributed by atoms with Crippen molar-refractivity contribution < 1.29 is 19.1 Å². The van der Waals surface area contributed by atoms with E-state index in [1.54, 1.807) is 0 Å². The molecule has 2 aliphatic carbocycles. The zero-order valence-corrected chi connectivity index (χ0v) is 19.9. The third-order valence-corrected chi connectivity index (χ3v) is 7.32. The molecule has 4 heteroatoms. The molecule has 0 aromatic heterocycles. The number of fused-ring (bicyclic) bond motifs is 2. The molecule has 1 saturated carbocycles. The Balaban J connectivity index is 2.58.